The third-order valence-electron chi connectivity index (χ3n) is 2.42. The lowest BCUT2D eigenvalue weighted by atomic mass is 10.2. The molecule has 0 aliphatic heterocycles. The van der Waals surface area contributed by atoms with Crippen LogP contribution >= 0.6 is 0 Å². The molecule has 2 heteroatoms. The second kappa shape index (κ2) is 7.92. The highest BCUT2D eigenvalue weighted by Gasteiger charge is 2.03. The minimum Gasteiger partial charge on any atom is -0.329 e. The molecule has 0 saturated heterocycles. The number of nitrogens with two attached hydrogens (primary N) is 1. The molecule has 0 atom stereocenters. The van der Waals surface area contributed by atoms with Gasteiger partial charge >= 0.3 is 0 Å². The summed E-state index contributed by atoms with van der Waals surface area (Å²) in [5.41, 5.74) is 6.94. The van der Waals surface area contributed by atoms with E-state index in [1.54, 1.807) is 0 Å². The first-order valence-electron chi connectivity index (χ1n) is 5.72. The standard InChI is InChI=1S/C14H20N2/c1-2-3-7-11-16(12-10-15)13-14-8-5-4-6-9-14/h4-6,8-9H,7,10-13,15H2,1H3. The van der Waals surface area contributed by atoms with Crippen LogP contribution in [0.2, 0.25) is 0 Å². The SMILES string of the molecule is CC#CCCN(CCN)Cc1ccccc1. The summed E-state index contributed by atoms with van der Waals surface area (Å²) >= 11 is 0. The maximum atomic E-state index is 5.61. The van der Waals surface area contributed by atoms with Crippen LogP contribution in [-0.4, -0.2) is 24.5 Å². The zero-order valence-corrected chi connectivity index (χ0v) is 9.95. The Morgan fingerprint density at radius 2 is 1.94 bits per heavy atom. The molecule has 0 bridgehead atoms. The maximum absolute atomic E-state index is 5.61. The summed E-state index contributed by atoms with van der Waals surface area (Å²) in [4.78, 5) is 2.35. The van der Waals surface area contributed by atoms with Gasteiger partial charge in [-0.1, -0.05) is 30.3 Å². The Hall–Kier alpha value is -1.30. The highest BCUT2D eigenvalue weighted by Crippen LogP contribution is 2.04. The zero-order valence-electron chi connectivity index (χ0n) is 9.95. The van der Waals surface area contributed by atoms with E-state index in [1.165, 1.54) is 5.56 Å². The number of nitrogens with zero attached hydrogens (tertiary/aromatic N) is 1. The average Bonchev–Trinajstić information content (AvgIpc) is 2.31. The van der Waals surface area contributed by atoms with Gasteiger partial charge in [0.1, 0.15) is 0 Å². The number of hydrogen-bond acceptors (Lipinski definition) is 2. The van der Waals surface area contributed by atoms with E-state index in [1.807, 2.05) is 13.0 Å². The van der Waals surface area contributed by atoms with Gasteiger partial charge in [0.2, 0.25) is 0 Å². The van der Waals surface area contributed by atoms with E-state index in [0.29, 0.717) is 6.54 Å². The van der Waals surface area contributed by atoms with Crippen LogP contribution in [0.15, 0.2) is 30.3 Å². The van der Waals surface area contributed by atoms with Crippen LogP contribution in [0.25, 0.3) is 0 Å². The Morgan fingerprint density at radius 1 is 1.19 bits per heavy atom. The van der Waals surface area contributed by atoms with Gasteiger partial charge in [-0.15, -0.1) is 11.8 Å². The van der Waals surface area contributed by atoms with Crippen LogP contribution in [0.1, 0.15) is 18.9 Å². The van der Waals surface area contributed by atoms with Crippen molar-refractivity contribution in [3.63, 3.8) is 0 Å². The van der Waals surface area contributed by atoms with Crippen molar-refractivity contribution < 1.29 is 0 Å². The molecule has 0 radical (unpaired) electrons. The Morgan fingerprint density at radius 3 is 2.56 bits per heavy atom. The Labute approximate surface area is 98.4 Å². The van der Waals surface area contributed by atoms with Crippen molar-refractivity contribution in [3.05, 3.63) is 35.9 Å². The van der Waals surface area contributed by atoms with E-state index in [9.17, 15) is 0 Å². The fourth-order valence-electron chi connectivity index (χ4n) is 1.63. The monoisotopic (exact) mass is 216 g/mol. The van der Waals surface area contributed by atoms with Crippen LogP contribution in [-0.2, 0) is 6.54 Å². The van der Waals surface area contributed by atoms with Crippen molar-refractivity contribution >= 4 is 0 Å². The van der Waals surface area contributed by atoms with Gasteiger partial charge in [-0.2, -0.15) is 0 Å². The molecule has 0 spiro atoms. The molecule has 86 valence electrons. The largest absolute Gasteiger partial charge is 0.329 e. The molecule has 0 saturated carbocycles. The van der Waals surface area contributed by atoms with Crippen molar-refractivity contribution in [2.45, 2.75) is 19.9 Å². The summed E-state index contributed by atoms with van der Waals surface area (Å²) in [5, 5.41) is 0. The summed E-state index contributed by atoms with van der Waals surface area (Å²) in [6, 6.07) is 10.5. The van der Waals surface area contributed by atoms with Crippen molar-refractivity contribution in [3.8, 4) is 11.8 Å². The molecule has 2 N–H and O–H groups in total. The van der Waals surface area contributed by atoms with Crippen LogP contribution in [0.3, 0.4) is 0 Å². The molecule has 1 aromatic carbocycles. The minimum absolute atomic E-state index is 0.701. The zero-order chi connectivity index (χ0) is 11.6. The fourth-order valence-corrected chi connectivity index (χ4v) is 1.63. The van der Waals surface area contributed by atoms with Gasteiger partial charge in [0.15, 0.2) is 0 Å². The number of benzene rings is 1. The molecule has 0 fully saturated rings. The summed E-state index contributed by atoms with van der Waals surface area (Å²) in [7, 11) is 0. The Bertz CT molecular complexity index is 335. The predicted octanol–water partition coefficient (Wildman–Crippen LogP) is 1.86. The highest BCUT2D eigenvalue weighted by atomic mass is 15.1. The van der Waals surface area contributed by atoms with Gasteiger partial charge in [0, 0.05) is 32.6 Å². The lowest BCUT2D eigenvalue weighted by molar-refractivity contribution is 0.280. The molecular formula is C14H20N2. The molecule has 1 aromatic rings. The lowest BCUT2D eigenvalue weighted by Gasteiger charge is -2.20. The smallest absolute Gasteiger partial charge is 0.0234 e. The van der Waals surface area contributed by atoms with Crippen molar-refractivity contribution in [2.24, 2.45) is 5.73 Å². The first kappa shape index (κ1) is 12.8. The molecule has 0 aliphatic carbocycles. The molecule has 1 rings (SSSR count). The van der Waals surface area contributed by atoms with E-state index in [-0.39, 0.29) is 0 Å². The lowest BCUT2D eigenvalue weighted by Crippen LogP contribution is -2.29. The van der Waals surface area contributed by atoms with Gasteiger partial charge in [0.05, 0.1) is 0 Å². The molecule has 0 unspecified atom stereocenters. The summed E-state index contributed by atoms with van der Waals surface area (Å²) < 4.78 is 0. The molecule has 2 nitrogen and oxygen atoms in total. The van der Waals surface area contributed by atoms with Crippen LogP contribution in [0.4, 0.5) is 0 Å². The van der Waals surface area contributed by atoms with Crippen LogP contribution in [0.5, 0.6) is 0 Å². The first-order chi connectivity index (χ1) is 7.86. The van der Waals surface area contributed by atoms with Crippen LogP contribution < -0.4 is 5.73 Å². The second-order valence-electron chi connectivity index (χ2n) is 3.73. The van der Waals surface area contributed by atoms with E-state index in [4.69, 9.17) is 5.73 Å². The quantitative estimate of drug-likeness (QED) is 0.735. The Kier molecular flexibility index (Phi) is 6.32. The van der Waals surface area contributed by atoms with E-state index < -0.39 is 0 Å². The third kappa shape index (κ3) is 4.97. The average molecular weight is 216 g/mol. The molecule has 0 amide bonds. The van der Waals surface area contributed by atoms with E-state index >= 15 is 0 Å². The molecule has 0 heterocycles. The number of hydrogen-bond donors (Lipinski definition) is 1. The fraction of sp³-hybridized carbons (Fsp3) is 0.429. The molecule has 16 heavy (non-hydrogen) atoms. The Balaban J connectivity index is 2.46. The van der Waals surface area contributed by atoms with Gasteiger partial charge in [-0.05, 0) is 12.5 Å². The summed E-state index contributed by atoms with van der Waals surface area (Å²) in [5.74, 6) is 6.01. The first-order valence-corrected chi connectivity index (χ1v) is 5.72. The van der Waals surface area contributed by atoms with Crippen LogP contribution in [0, 0.1) is 11.8 Å². The van der Waals surface area contributed by atoms with E-state index in [0.717, 1.165) is 26.1 Å². The molecule has 0 aliphatic rings. The topological polar surface area (TPSA) is 29.3 Å². The van der Waals surface area contributed by atoms with Gasteiger partial charge < -0.3 is 5.73 Å². The summed E-state index contributed by atoms with van der Waals surface area (Å²) in [6.45, 7) is 5.47. The molecular weight excluding hydrogens is 196 g/mol. The van der Waals surface area contributed by atoms with Gasteiger partial charge in [-0.25, -0.2) is 0 Å². The molecule has 0 aromatic heterocycles. The van der Waals surface area contributed by atoms with E-state index in [2.05, 4.69) is 41.0 Å². The van der Waals surface area contributed by atoms with Gasteiger partial charge in [-0.3, -0.25) is 4.90 Å². The predicted molar refractivity (Wildman–Crippen MR) is 68.8 cm³/mol. The highest BCUT2D eigenvalue weighted by molar-refractivity contribution is 5.14. The van der Waals surface area contributed by atoms with Gasteiger partial charge in [0.25, 0.3) is 0 Å². The second-order valence-corrected chi connectivity index (χ2v) is 3.73. The van der Waals surface area contributed by atoms with Crippen molar-refractivity contribution in [2.75, 3.05) is 19.6 Å². The minimum atomic E-state index is 0.701. The van der Waals surface area contributed by atoms with Crippen molar-refractivity contribution in [1.29, 1.82) is 0 Å². The van der Waals surface area contributed by atoms with Crippen molar-refractivity contribution in [1.82, 2.24) is 4.90 Å². The summed E-state index contributed by atoms with van der Waals surface area (Å²) in [6.07, 6.45) is 0.920. The number of rotatable bonds is 6. The third-order valence-corrected chi connectivity index (χ3v) is 2.42. The maximum Gasteiger partial charge on any atom is 0.0234 e. The normalized spacial score (nSPS) is 9.94.